The summed E-state index contributed by atoms with van der Waals surface area (Å²) in [7, 11) is 0. The van der Waals surface area contributed by atoms with Crippen LogP contribution in [0.15, 0.2) is 27.8 Å². The van der Waals surface area contributed by atoms with Gasteiger partial charge in [-0.15, -0.1) is 0 Å². The Balaban J connectivity index is 2.75. The molecular weight excluding hydrogens is 272 g/mol. The van der Waals surface area contributed by atoms with Gasteiger partial charge in [0.2, 0.25) is 0 Å². The van der Waals surface area contributed by atoms with E-state index in [-0.39, 0.29) is 5.84 Å². The molecule has 0 spiro atoms. The molecule has 0 aliphatic rings. The fourth-order valence-electron chi connectivity index (χ4n) is 1.18. The van der Waals surface area contributed by atoms with Gasteiger partial charge in [-0.3, -0.25) is 0 Å². The molecule has 0 saturated heterocycles. The predicted octanol–water partition coefficient (Wildman–Crippen LogP) is 2.72. The summed E-state index contributed by atoms with van der Waals surface area (Å²) in [5, 5.41) is 11.5. The topological polar surface area (TPSA) is 67.8 Å². The van der Waals surface area contributed by atoms with Gasteiger partial charge in [0.25, 0.3) is 0 Å². The van der Waals surface area contributed by atoms with Crippen LogP contribution in [0.25, 0.3) is 0 Å². The minimum Gasteiger partial charge on any atom is -0.494 e. The molecule has 1 aromatic carbocycles. The van der Waals surface area contributed by atoms with Gasteiger partial charge in [0.15, 0.2) is 5.84 Å². The van der Waals surface area contributed by atoms with Gasteiger partial charge in [-0.05, 0) is 40.5 Å². The van der Waals surface area contributed by atoms with Crippen LogP contribution in [0.3, 0.4) is 0 Å². The monoisotopic (exact) mass is 286 g/mol. The first-order chi connectivity index (χ1) is 7.69. The van der Waals surface area contributed by atoms with Crippen molar-refractivity contribution in [3.63, 3.8) is 0 Å². The van der Waals surface area contributed by atoms with Crippen molar-refractivity contribution in [2.75, 3.05) is 6.61 Å². The molecule has 0 radical (unpaired) electrons. The van der Waals surface area contributed by atoms with Gasteiger partial charge in [0.1, 0.15) is 5.75 Å². The van der Waals surface area contributed by atoms with Gasteiger partial charge in [-0.2, -0.15) is 0 Å². The van der Waals surface area contributed by atoms with Crippen molar-refractivity contribution >= 4 is 21.8 Å². The van der Waals surface area contributed by atoms with E-state index in [2.05, 4.69) is 28.0 Å². The lowest BCUT2D eigenvalue weighted by atomic mass is 10.2. The lowest BCUT2D eigenvalue weighted by Crippen LogP contribution is -2.13. The number of unbranched alkanes of at least 4 members (excludes halogenated alkanes) is 1. The molecular formula is C11H15BrN2O2. The fraction of sp³-hybridized carbons (Fsp3) is 0.364. The third-order valence-electron chi connectivity index (χ3n) is 2.09. The third kappa shape index (κ3) is 3.41. The van der Waals surface area contributed by atoms with E-state index in [1.807, 2.05) is 6.07 Å². The van der Waals surface area contributed by atoms with Crippen LogP contribution in [0.1, 0.15) is 25.3 Å². The van der Waals surface area contributed by atoms with Gasteiger partial charge in [-0.25, -0.2) is 0 Å². The Hall–Kier alpha value is -1.23. The molecule has 0 unspecified atom stereocenters. The number of halogens is 1. The van der Waals surface area contributed by atoms with Crippen LogP contribution in [0.4, 0.5) is 0 Å². The molecule has 88 valence electrons. The number of oxime groups is 1. The van der Waals surface area contributed by atoms with Crippen LogP contribution in [0.2, 0.25) is 0 Å². The summed E-state index contributed by atoms with van der Waals surface area (Å²) in [6, 6.07) is 5.36. The molecule has 0 heterocycles. The zero-order valence-electron chi connectivity index (χ0n) is 9.11. The number of benzene rings is 1. The molecule has 0 atom stereocenters. The first kappa shape index (κ1) is 12.8. The molecule has 0 aromatic heterocycles. The Labute approximate surface area is 103 Å². The lowest BCUT2D eigenvalue weighted by Gasteiger charge is -2.08. The summed E-state index contributed by atoms with van der Waals surface area (Å²) >= 11 is 3.35. The van der Waals surface area contributed by atoms with Crippen LogP contribution in [-0.2, 0) is 0 Å². The molecule has 0 aliphatic carbocycles. The second kappa shape index (κ2) is 6.37. The summed E-state index contributed by atoms with van der Waals surface area (Å²) in [5.74, 6) is 0.849. The number of amidine groups is 1. The molecule has 16 heavy (non-hydrogen) atoms. The molecule has 1 rings (SSSR count). The van der Waals surface area contributed by atoms with E-state index in [1.165, 1.54) is 0 Å². The molecule has 1 aromatic rings. The largest absolute Gasteiger partial charge is 0.494 e. The maximum absolute atomic E-state index is 8.57. The van der Waals surface area contributed by atoms with Crippen LogP contribution in [0.5, 0.6) is 5.75 Å². The summed E-state index contributed by atoms with van der Waals surface area (Å²) in [5.41, 5.74) is 6.14. The molecule has 0 saturated carbocycles. The van der Waals surface area contributed by atoms with Gasteiger partial charge < -0.3 is 15.7 Å². The normalized spacial score (nSPS) is 11.5. The van der Waals surface area contributed by atoms with E-state index in [1.54, 1.807) is 12.1 Å². The Bertz CT molecular complexity index is 380. The summed E-state index contributed by atoms with van der Waals surface area (Å²) in [6.45, 7) is 2.81. The first-order valence-corrected chi connectivity index (χ1v) is 5.88. The van der Waals surface area contributed by atoms with Gasteiger partial charge in [0, 0.05) is 10.0 Å². The smallest absolute Gasteiger partial charge is 0.171 e. The predicted molar refractivity (Wildman–Crippen MR) is 67.1 cm³/mol. The molecule has 3 N–H and O–H groups in total. The molecule has 0 bridgehead atoms. The minimum atomic E-state index is 0.0759. The van der Waals surface area contributed by atoms with E-state index in [0.29, 0.717) is 12.2 Å². The highest BCUT2D eigenvalue weighted by Gasteiger charge is 2.06. The number of hydrogen-bond donors (Lipinski definition) is 2. The summed E-state index contributed by atoms with van der Waals surface area (Å²) < 4.78 is 6.27. The fourth-order valence-corrected chi connectivity index (χ4v) is 1.74. The highest BCUT2D eigenvalue weighted by molar-refractivity contribution is 9.10. The number of hydrogen-bond acceptors (Lipinski definition) is 3. The van der Waals surface area contributed by atoms with Crippen LogP contribution >= 0.6 is 15.9 Å². The molecule has 0 amide bonds. The van der Waals surface area contributed by atoms with Crippen molar-refractivity contribution in [3.8, 4) is 5.75 Å². The van der Waals surface area contributed by atoms with E-state index in [9.17, 15) is 0 Å². The average Bonchev–Trinajstić information content (AvgIpc) is 2.29. The first-order valence-electron chi connectivity index (χ1n) is 5.09. The van der Waals surface area contributed by atoms with Crippen LogP contribution < -0.4 is 10.5 Å². The van der Waals surface area contributed by atoms with Crippen molar-refractivity contribution in [2.24, 2.45) is 10.9 Å². The lowest BCUT2D eigenvalue weighted by molar-refractivity contribution is 0.309. The quantitative estimate of drug-likeness (QED) is 0.288. The van der Waals surface area contributed by atoms with E-state index in [0.717, 1.165) is 23.1 Å². The van der Waals surface area contributed by atoms with E-state index >= 15 is 0 Å². The van der Waals surface area contributed by atoms with Gasteiger partial charge in [-0.1, -0.05) is 18.5 Å². The summed E-state index contributed by atoms with van der Waals surface area (Å²) in [6.07, 6.45) is 2.13. The Morgan fingerprint density at radius 3 is 2.88 bits per heavy atom. The SMILES string of the molecule is CCCCOc1ccc(/C(N)=N/O)c(Br)c1. The average molecular weight is 287 g/mol. The molecule has 4 nitrogen and oxygen atoms in total. The van der Waals surface area contributed by atoms with E-state index < -0.39 is 0 Å². The Morgan fingerprint density at radius 1 is 1.56 bits per heavy atom. The molecule has 0 fully saturated rings. The van der Waals surface area contributed by atoms with Crippen molar-refractivity contribution in [2.45, 2.75) is 19.8 Å². The summed E-state index contributed by atoms with van der Waals surface area (Å²) in [4.78, 5) is 0. The van der Waals surface area contributed by atoms with Crippen molar-refractivity contribution in [1.82, 2.24) is 0 Å². The van der Waals surface area contributed by atoms with Crippen LogP contribution in [-0.4, -0.2) is 17.6 Å². The zero-order chi connectivity index (χ0) is 12.0. The van der Waals surface area contributed by atoms with E-state index in [4.69, 9.17) is 15.7 Å². The Kier molecular flexibility index (Phi) is 5.11. The highest BCUT2D eigenvalue weighted by atomic mass is 79.9. The molecule has 0 aliphatic heterocycles. The third-order valence-corrected chi connectivity index (χ3v) is 2.75. The van der Waals surface area contributed by atoms with Crippen molar-refractivity contribution in [3.05, 3.63) is 28.2 Å². The number of nitrogens with two attached hydrogens (primary N) is 1. The van der Waals surface area contributed by atoms with Crippen LogP contribution in [0, 0.1) is 0 Å². The minimum absolute atomic E-state index is 0.0759. The number of rotatable bonds is 5. The number of ether oxygens (including phenoxy) is 1. The van der Waals surface area contributed by atoms with Gasteiger partial charge >= 0.3 is 0 Å². The van der Waals surface area contributed by atoms with Gasteiger partial charge in [0.05, 0.1) is 6.61 Å². The number of nitrogens with zero attached hydrogens (tertiary/aromatic N) is 1. The highest BCUT2D eigenvalue weighted by Crippen LogP contribution is 2.23. The maximum Gasteiger partial charge on any atom is 0.171 e. The second-order valence-corrected chi connectivity index (χ2v) is 4.18. The molecule has 5 heteroatoms. The van der Waals surface area contributed by atoms with Crippen molar-refractivity contribution < 1.29 is 9.94 Å². The Morgan fingerprint density at radius 2 is 2.31 bits per heavy atom. The van der Waals surface area contributed by atoms with Crippen molar-refractivity contribution in [1.29, 1.82) is 0 Å². The standard InChI is InChI=1S/C11H15BrN2O2/c1-2-3-6-16-8-4-5-9(10(12)7-8)11(13)14-15/h4-5,7,15H,2-3,6H2,1H3,(H2,13,14). The maximum atomic E-state index is 8.57. The second-order valence-electron chi connectivity index (χ2n) is 3.33. The zero-order valence-corrected chi connectivity index (χ0v) is 10.7.